The maximum Gasteiger partial charge on any atom is 0.0255 e. The summed E-state index contributed by atoms with van der Waals surface area (Å²) in [6.45, 7) is 2.07. The minimum atomic E-state index is -1.87. The van der Waals surface area contributed by atoms with Crippen LogP contribution in [0.3, 0.4) is 0 Å². The van der Waals surface area contributed by atoms with E-state index in [1.807, 2.05) is 0 Å². The van der Waals surface area contributed by atoms with Crippen molar-refractivity contribution in [1.29, 1.82) is 0 Å². The second-order valence-electron chi connectivity index (χ2n) is 2.88. The summed E-state index contributed by atoms with van der Waals surface area (Å²) in [7, 11) is 0. The van der Waals surface area contributed by atoms with Crippen LogP contribution in [0, 0.1) is 0 Å². The second-order valence-corrected chi connectivity index (χ2v) is 4.07. The van der Waals surface area contributed by atoms with Gasteiger partial charge in [-0.15, -0.1) is 0 Å². The number of rotatable bonds is 2. The zero-order valence-electron chi connectivity index (χ0n) is 6.71. The summed E-state index contributed by atoms with van der Waals surface area (Å²) < 4.78 is 21.2. The molecular formula is C8H13O2S-. The molecule has 2 unspecified atom stereocenters. The Labute approximate surface area is 70.0 Å². The largest absolute Gasteiger partial charge is 0.772 e. The van der Waals surface area contributed by atoms with Gasteiger partial charge in [-0.25, -0.2) is 0 Å². The topological polar surface area (TPSA) is 40.1 Å². The molecule has 11 heavy (non-hydrogen) atoms. The zero-order chi connectivity index (χ0) is 8.27. The monoisotopic (exact) mass is 173 g/mol. The molecule has 0 fully saturated rings. The molecule has 2 nitrogen and oxygen atoms in total. The third-order valence-corrected chi connectivity index (χ3v) is 3.08. The third kappa shape index (κ3) is 2.42. The fourth-order valence-electron chi connectivity index (χ4n) is 1.40. The van der Waals surface area contributed by atoms with Crippen LogP contribution < -0.4 is 0 Å². The standard InChI is InChI=1S/C8H14O2S/c1-2-7-4-3-5-8(6-7)11(9)10/h4,8H,2-3,5-6H2,1H3,(H,9,10)/p-1. The van der Waals surface area contributed by atoms with Crippen LogP contribution in [-0.2, 0) is 11.1 Å². The summed E-state index contributed by atoms with van der Waals surface area (Å²) in [5.41, 5.74) is 1.30. The fraction of sp³-hybridized carbons (Fsp3) is 0.750. The molecule has 0 aliphatic heterocycles. The van der Waals surface area contributed by atoms with E-state index in [1.54, 1.807) is 0 Å². The highest BCUT2D eigenvalue weighted by molar-refractivity contribution is 7.79. The highest BCUT2D eigenvalue weighted by atomic mass is 32.2. The van der Waals surface area contributed by atoms with E-state index in [-0.39, 0.29) is 5.25 Å². The van der Waals surface area contributed by atoms with Gasteiger partial charge in [0.2, 0.25) is 0 Å². The molecule has 0 radical (unpaired) electrons. The summed E-state index contributed by atoms with van der Waals surface area (Å²) in [5.74, 6) is 0. The molecule has 2 atom stereocenters. The number of allylic oxidation sites excluding steroid dienone is 2. The van der Waals surface area contributed by atoms with Crippen molar-refractivity contribution in [1.82, 2.24) is 0 Å². The molecule has 1 aliphatic rings. The van der Waals surface area contributed by atoms with Crippen LogP contribution in [0.4, 0.5) is 0 Å². The Morgan fingerprint density at radius 1 is 1.82 bits per heavy atom. The minimum absolute atomic E-state index is 0.116. The van der Waals surface area contributed by atoms with E-state index in [2.05, 4.69) is 13.0 Å². The van der Waals surface area contributed by atoms with Crippen molar-refractivity contribution in [3.63, 3.8) is 0 Å². The van der Waals surface area contributed by atoms with Crippen LogP contribution in [0.15, 0.2) is 11.6 Å². The predicted octanol–water partition coefficient (Wildman–Crippen LogP) is 1.75. The maximum absolute atomic E-state index is 10.6. The zero-order valence-corrected chi connectivity index (χ0v) is 7.52. The lowest BCUT2D eigenvalue weighted by Crippen LogP contribution is -2.18. The van der Waals surface area contributed by atoms with Crippen molar-refractivity contribution in [3.8, 4) is 0 Å². The van der Waals surface area contributed by atoms with E-state index in [9.17, 15) is 8.76 Å². The van der Waals surface area contributed by atoms with Gasteiger partial charge in [-0.2, -0.15) is 0 Å². The molecule has 0 aromatic rings. The predicted molar refractivity (Wildman–Crippen MR) is 44.9 cm³/mol. The van der Waals surface area contributed by atoms with Gasteiger partial charge in [-0.3, -0.25) is 4.21 Å². The molecule has 0 saturated heterocycles. The summed E-state index contributed by atoms with van der Waals surface area (Å²) in [6, 6.07) is 0. The molecule has 1 aliphatic carbocycles. The summed E-state index contributed by atoms with van der Waals surface area (Å²) in [6.07, 6.45) is 5.66. The molecule has 1 rings (SSSR count). The van der Waals surface area contributed by atoms with E-state index in [0.29, 0.717) is 0 Å². The average Bonchev–Trinajstić information content (AvgIpc) is 2.05. The van der Waals surface area contributed by atoms with Crippen molar-refractivity contribution in [3.05, 3.63) is 11.6 Å². The van der Waals surface area contributed by atoms with Gasteiger partial charge in [-0.1, -0.05) is 29.7 Å². The molecular weight excluding hydrogens is 160 g/mol. The number of hydrogen-bond acceptors (Lipinski definition) is 2. The second kappa shape index (κ2) is 4.02. The average molecular weight is 173 g/mol. The summed E-state index contributed by atoms with van der Waals surface area (Å²) in [4.78, 5) is 0. The van der Waals surface area contributed by atoms with E-state index in [0.717, 1.165) is 25.7 Å². The van der Waals surface area contributed by atoms with Crippen molar-refractivity contribution in [2.45, 2.75) is 37.9 Å². The maximum atomic E-state index is 10.6. The van der Waals surface area contributed by atoms with Crippen LogP contribution in [0.5, 0.6) is 0 Å². The Bertz CT molecular complexity index is 187. The molecule has 0 amide bonds. The van der Waals surface area contributed by atoms with Crippen molar-refractivity contribution in [2.75, 3.05) is 0 Å². The highest BCUT2D eigenvalue weighted by Gasteiger charge is 2.14. The van der Waals surface area contributed by atoms with Crippen LogP contribution in [0.25, 0.3) is 0 Å². The van der Waals surface area contributed by atoms with Crippen LogP contribution in [0.2, 0.25) is 0 Å². The third-order valence-electron chi connectivity index (χ3n) is 2.14. The van der Waals surface area contributed by atoms with Crippen LogP contribution in [-0.4, -0.2) is 14.0 Å². The van der Waals surface area contributed by atoms with Gasteiger partial charge < -0.3 is 4.55 Å². The van der Waals surface area contributed by atoms with Crippen LogP contribution >= 0.6 is 0 Å². The summed E-state index contributed by atoms with van der Waals surface area (Å²) in [5, 5.41) is -0.116. The number of hydrogen-bond donors (Lipinski definition) is 0. The van der Waals surface area contributed by atoms with E-state index in [4.69, 9.17) is 0 Å². The lowest BCUT2D eigenvalue weighted by atomic mass is 9.97. The van der Waals surface area contributed by atoms with Gasteiger partial charge in [0.25, 0.3) is 0 Å². The van der Waals surface area contributed by atoms with Gasteiger partial charge in [0, 0.05) is 5.25 Å². The molecule has 0 N–H and O–H groups in total. The molecule has 0 spiro atoms. The molecule has 0 aromatic heterocycles. The van der Waals surface area contributed by atoms with Crippen molar-refractivity contribution in [2.24, 2.45) is 0 Å². The summed E-state index contributed by atoms with van der Waals surface area (Å²) >= 11 is -1.87. The highest BCUT2D eigenvalue weighted by Crippen LogP contribution is 2.23. The van der Waals surface area contributed by atoms with Gasteiger partial charge in [-0.05, 0) is 25.7 Å². The molecule has 0 bridgehead atoms. The van der Waals surface area contributed by atoms with Crippen LogP contribution in [0.1, 0.15) is 32.6 Å². The van der Waals surface area contributed by atoms with Gasteiger partial charge >= 0.3 is 0 Å². The van der Waals surface area contributed by atoms with E-state index in [1.165, 1.54) is 5.57 Å². The minimum Gasteiger partial charge on any atom is -0.772 e. The fourth-order valence-corrected chi connectivity index (χ4v) is 2.08. The van der Waals surface area contributed by atoms with Gasteiger partial charge in [0.15, 0.2) is 0 Å². The Morgan fingerprint density at radius 3 is 3.09 bits per heavy atom. The smallest absolute Gasteiger partial charge is 0.0255 e. The first-order valence-electron chi connectivity index (χ1n) is 4.00. The molecule has 0 heterocycles. The lowest BCUT2D eigenvalue weighted by Gasteiger charge is -2.23. The lowest BCUT2D eigenvalue weighted by molar-refractivity contribution is 0.509. The first-order valence-corrected chi connectivity index (χ1v) is 5.13. The van der Waals surface area contributed by atoms with Gasteiger partial charge in [0.1, 0.15) is 0 Å². The molecule has 3 heteroatoms. The van der Waals surface area contributed by atoms with Gasteiger partial charge in [0.05, 0.1) is 0 Å². The Kier molecular flexibility index (Phi) is 3.27. The van der Waals surface area contributed by atoms with E-state index < -0.39 is 11.1 Å². The SMILES string of the molecule is CCC1=CCCC(S(=O)[O-])C1. The molecule has 0 aromatic carbocycles. The first-order chi connectivity index (χ1) is 5.24. The Balaban J connectivity index is 2.53. The Morgan fingerprint density at radius 2 is 2.55 bits per heavy atom. The normalized spacial score (nSPS) is 27.8. The quantitative estimate of drug-likeness (QED) is 0.471. The van der Waals surface area contributed by atoms with E-state index >= 15 is 0 Å². The van der Waals surface area contributed by atoms with Crippen molar-refractivity contribution < 1.29 is 8.76 Å². The Hall–Kier alpha value is -0.150. The molecule has 64 valence electrons. The molecule has 0 saturated carbocycles. The van der Waals surface area contributed by atoms with Crippen molar-refractivity contribution >= 4 is 11.1 Å². The first kappa shape index (κ1) is 8.94.